The summed E-state index contributed by atoms with van der Waals surface area (Å²) in [5.41, 5.74) is 2.40. The number of rotatable bonds is 3. The van der Waals surface area contributed by atoms with E-state index in [-0.39, 0.29) is 0 Å². The number of benzene rings is 1. The molecule has 2 rings (SSSR count). The second-order valence-electron chi connectivity index (χ2n) is 3.22. The van der Waals surface area contributed by atoms with Crippen molar-refractivity contribution in [1.29, 1.82) is 0 Å². The molecule has 1 heterocycles. The zero-order valence-corrected chi connectivity index (χ0v) is 9.67. The van der Waals surface area contributed by atoms with Gasteiger partial charge in [-0.1, -0.05) is 6.92 Å². The third-order valence-electron chi connectivity index (χ3n) is 2.34. The third kappa shape index (κ3) is 2.02. The zero-order valence-electron chi connectivity index (χ0n) is 8.86. The van der Waals surface area contributed by atoms with Gasteiger partial charge in [-0.05, 0) is 30.2 Å². The van der Waals surface area contributed by atoms with Crippen molar-refractivity contribution in [1.82, 2.24) is 4.98 Å². The summed E-state index contributed by atoms with van der Waals surface area (Å²) < 4.78 is 5.29. The third-order valence-corrected chi connectivity index (χ3v) is 3.16. The summed E-state index contributed by atoms with van der Waals surface area (Å²) in [6.45, 7) is 2.13. The second-order valence-corrected chi connectivity index (χ2v) is 4.11. The molecule has 3 heteroatoms. The summed E-state index contributed by atoms with van der Waals surface area (Å²) in [4.78, 5) is 4.30. The molecule has 2 nitrogen and oxygen atoms in total. The van der Waals surface area contributed by atoms with Crippen LogP contribution >= 0.6 is 11.3 Å². The molecule has 0 spiro atoms. The van der Waals surface area contributed by atoms with E-state index in [0.29, 0.717) is 0 Å². The van der Waals surface area contributed by atoms with Gasteiger partial charge in [0.05, 0.1) is 7.11 Å². The van der Waals surface area contributed by atoms with Crippen LogP contribution in [0.3, 0.4) is 0 Å². The molecule has 0 saturated carbocycles. The number of thiazole rings is 1. The minimum absolute atomic E-state index is 0.956. The minimum Gasteiger partial charge on any atom is -0.496 e. The molecule has 0 saturated heterocycles. The van der Waals surface area contributed by atoms with Crippen LogP contribution in [0.15, 0.2) is 29.8 Å². The smallest absolute Gasteiger partial charge is 0.123 e. The maximum atomic E-state index is 5.29. The van der Waals surface area contributed by atoms with Crippen LogP contribution in [0.5, 0.6) is 5.75 Å². The fraction of sp³-hybridized carbons (Fsp3) is 0.250. The molecule has 0 aliphatic carbocycles. The first kappa shape index (κ1) is 10.2. The predicted octanol–water partition coefficient (Wildman–Crippen LogP) is 3.38. The van der Waals surface area contributed by atoms with Crippen LogP contribution in [-0.2, 0) is 6.42 Å². The van der Waals surface area contributed by atoms with Crippen molar-refractivity contribution in [2.45, 2.75) is 13.3 Å². The van der Waals surface area contributed by atoms with E-state index in [1.54, 1.807) is 18.4 Å². The molecule has 0 unspecified atom stereocenters. The first-order chi connectivity index (χ1) is 7.35. The molecule has 1 aromatic heterocycles. The lowest BCUT2D eigenvalue weighted by Gasteiger charge is -2.07. The number of hydrogen-bond donors (Lipinski definition) is 0. The summed E-state index contributed by atoms with van der Waals surface area (Å²) >= 11 is 1.66. The Bertz CT molecular complexity index is 437. The van der Waals surface area contributed by atoms with Gasteiger partial charge in [-0.2, -0.15) is 0 Å². The van der Waals surface area contributed by atoms with Crippen LogP contribution in [0, 0.1) is 0 Å². The Morgan fingerprint density at radius 2 is 2.27 bits per heavy atom. The van der Waals surface area contributed by atoms with Crippen LogP contribution in [-0.4, -0.2) is 12.1 Å². The lowest BCUT2D eigenvalue weighted by atomic mass is 10.1. The van der Waals surface area contributed by atoms with Crippen molar-refractivity contribution < 1.29 is 4.74 Å². The van der Waals surface area contributed by atoms with Crippen molar-refractivity contribution in [2.75, 3.05) is 7.11 Å². The Balaban J connectivity index is 2.43. The highest BCUT2D eigenvalue weighted by atomic mass is 32.1. The summed E-state index contributed by atoms with van der Waals surface area (Å²) in [5, 5.41) is 3.05. The average molecular weight is 219 g/mol. The average Bonchev–Trinajstić information content (AvgIpc) is 2.81. The van der Waals surface area contributed by atoms with Crippen LogP contribution in [0.4, 0.5) is 0 Å². The molecule has 0 bridgehead atoms. The maximum absolute atomic E-state index is 5.29. The summed E-state index contributed by atoms with van der Waals surface area (Å²) in [5.74, 6) is 0.956. The van der Waals surface area contributed by atoms with E-state index in [1.165, 1.54) is 11.1 Å². The molecular formula is C12H13NOS. The molecule has 0 aliphatic rings. The fourth-order valence-corrected chi connectivity index (χ4v) is 2.19. The van der Waals surface area contributed by atoms with E-state index in [1.807, 2.05) is 17.6 Å². The highest BCUT2D eigenvalue weighted by molar-refractivity contribution is 7.13. The number of methoxy groups -OCH3 is 1. The van der Waals surface area contributed by atoms with E-state index >= 15 is 0 Å². The van der Waals surface area contributed by atoms with Crippen molar-refractivity contribution >= 4 is 11.3 Å². The van der Waals surface area contributed by atoms with Gasteiger partial charge in [0.15, 0.2) is 0 Å². The number of aryl methyl sites for hydroxylation is 1. The Hall–Kier alpha value is -1.35. The van der Waals surface area contributed by atoms with E-state index in [0.717, 1.165) is 17.2 Å². The van der Waals surface area contributed by atoms with Crippen molar-refractivity contribution in [3.05, 3.63) is 35.3 Å². The largest absolute Gasteiger partial charge is 0.496 e. The molecule has 0 fully saturated rings. The monoisotopic (exact) mass is 219 g/mol. The van der Waals surface area contributed by atoms with Gasteiger partial charge in [-0.3, -0.25) is 0 Å². The molecule has 0 radical (unpaired) electrons. The fourth-order valence-electron chi connectivity index (χ4n) is 1.55. The quantitative estimate of drug-likeness (QED) is 0.789. The molecule has 1 aromatic carbocycles. The lowest BCUT2D eigenvalue weighted by Crippen LogP contribution is -1.90. The summed E-state index contributed by atoms with van der Waals surface area (Å²) in [7, 11) is 1.71. The Labute approximate surface area is 93.6 Å². The van der Waals surface area contributed by atoms with Crippen LogP contribution in [0.25, 0.3) is 10.6 Å². The van der Waals surface area contributed by atoms with Crippen molar-refractivity contribution in [3.8, 4) is 16.3 Å². The highest BCUT2D eigenvalue weighted by Crippen LogP contribution is 2.27. The molecule has 0 aliphatic heterocycles. The molecule has 0 amide bonds. The van der Waals surface area contributed by atoms with E-state index in [4.69, 9.17) is 4.74 Å². The van der Waals surface area contributed by atoms with Crippen molar-refractivity contribution in [3.63, 3.8) is 0 Å². The van der Waals surface area contributed by atoms with E-state index in [2.05, 4.69) is 24.0 Å². The van der Waals surface area contributed by atoms with Gasteiger partial charge in [0.1, 0.15) is 10.8 Å². The van der Waals surface area contributed by atoms with Gasteiger partial charge in [-0.15, -0.1) is 11.3 Å². The first-order valence-corrected chi connectivity index (χ1v) is 5.80. The summed E-state index contributed by atoms with van der Waals surface area (Å²) in [6, 6.07) is 6.21. The number of nitrogens with zero attached hydrogens (tertiary/aromatic N) is 1. The Morgan fingerprint density at radius 3 is 2.87 bits per heavy atom. The van der Waals surface area contributed by atoms with Crippen molar-refractivity contribution in [2.24, 2.45) is 0 Å². The van der Waals surface area contributed by atoms with Gasteiger partial charge in [0.25, 0.3) is 0 Å². The van der Waals surface area contributed by atoms with E-state index < -0.39 is 0 Å². The maximum Gasteiger partial charge on any atom is 0.123 e. The highest BCUT2D eigenvalue weighted by Gasteiger charge is 2.05. The molecule has 78 valence electrons. The van der Waals surface area contributed by atoms with Gasteiger partial charge >= 0.3 is 0 Å². The van der Waals surface area contributed by atoms with Crippen LogP contribution in [0.1, 0.15) is 12.5 Å². The minimum atomic E-state index is 0.956. The number of aromatic nitrogens is 1. The zero-order chi connectivity index (χ0) is 10.7. The number of hydrogen-bond acceptors (Lipinski definition) is 3. The molecule has 0 N–H and O–H groups in total. The van der Waals surface area contributed by atoms with Crippen LogP contribution < -0.4 is 4.74 Å². The van der Waals surface area contributed by atoms with Gasteiger partial charge in [0.2, 0.25) is 0 Å². The molecular weight excluding hydrogens is 206 g/mol. The SMILES string of the molecule is CCc1cc(-c2nccs2)ccc1OC. The normalized spacial score (nSPS) is 10.3. The second kappa shape index (κ2) is 4.45. The Morgan fingerprint density at radius 1 is 1.40 bits per heavy atom. The molecule has 2 aromatic rings. The number of ether oxygens (including phenoxy) is 1. The predicted molar refractivity (Wildman–Crippen MR) is 63.5 cm³/mol. The topological polar surface area (TPSA) is 22.1 Å². The van der Waals surface area contributed by atoms with Crippen LogP contribution in [0.2, 0.25) is 0 Å². The summed E-state index contributed by atoms with van der Waals surface area (Å²) in [6.07, 6.45) is 2.80. The molecule has 15 heavy (non-hydrogen) atoms. The van der Waals surface area contributed by atoms with E-state index in [9.17, 15) is 0 Å². The molecule has 0 atom stereocenters. The Kier molecular flexibility index (Phi) is 3.02. The van der Waals surface area contributed by atoms with Gasteiger partial charge in [0, 0.05) is 17.1 Å². The standard InChI is InChI=1S/C12H13NOS/c1-3-9-8-10(4-5-11(9)14-2)12-13-6-7-15-12/h4-8H,3H2,1-2H3. The first-order valence-electron chi connectivity index (χ1n) is 4.92. The van der Waals surface area contributed by atoms with Gasteiger partial charge < -0.3 is 4.74 Å². The van der Waals surface area contributed by atoms with Gasteiger partial charge in [-0.25, -0.2) is 4.98 Å². The lowest BCUT2D eigenvalue weighted by molar-refractivity contribution is 0.410.